The molecule has 7 heteroatoms. The van der Waals surface area contributed by atoms with Crippen LogP contribution < -0.4 is 21.7 Å². The Bertz CT molecular complexity index is 981. The molecule has 1 aliphatic carbocycles. The molecule has 0 saturated heterocycles. The number of anilines is 1. The molecule has 7 nitrogen and oxygen atoms in total. The number of hydrogen-bond donors (Lipinski definition) is 5. The summed E-state index contributed by atoms with van der Waals surface area (Å²) in [4.78, 5) is 16.2. The van der Waals surface area contributed by atoms with Gasteiger partial charge in [-0.2, -0.15) is 0 Å². The first-order valence-corrected chi connectivity index (χ1v) is 15.0. The second-order valence-corrected chi connectivity index (χ2v) is 9.17. The number of aliphatic hydroxyl groups excluding tert-OH is 1. The maximum atomic E-state index is 12.1. The molecule has 1 aromatic heterocycles. The van der Waals surface area contributed by atoms with Gasteiger partial charge in [-0.05, 0) is 68.7 Å². The number of para-hydroxylation sites is 1. The monoisotopic (exact) mass is 557 g/mol. The molecule has 1 fully saturated rings. The van der Waals surface area contributed by atoms with Gasteiger partial charge in [-0.25, -0.2) is 0 Å². The molecule has 0 radical (unpaired) electrons. The largest absolute Gasteiger partial charge is 0.508 e. The lowest BCUT2D eigenvalue weighted by Gasteiger charge is -2.42. The van der Waals surface area contributed by atoms with Crippen molar-refractivity contribution in [1.29, 1.82) is 0 Å². The maximum absolute atomic E-state index is 12.1. The fourth-order valence-corrected chi connectivity index (χ4v) is 4.16. The van der Waals surface area contributed by atoms with Gasteiger partial charge in [0, 0.05) is 37.6 Å². The molecule has 40 heavy (non-hydrogen) atoms. The molecular formula is C33H59N5O2. The second kappa shape index (κ2) is 21.9. The van der Waals surface area contributed by atoms with E-state index in [1.54, 1.807) is 13.2 Å². The van der Waals surface area contributed by atoms with Crippen molar-refractivity contribution in [3.8, 4) is 0 Å². The number of hydrogen-bond acceptors (Lipinski definition) is 6. The smallest absolute Gasteiger partial charge is 0.253 e. The summed E-state index contributed by atoms with van der Waals surface area (Å²) in [6.07, 6.45) is 7.03. The number of nitrogens with two attached hydrogens (primary N) is 1. The first kappa shape index (κ1) is 39.2. The molecule has 0 aliphatic heterocycles. The lowest BCUT2D eigenvalue weighted by Crippen LogP contribution is -2.45. The number of rotatable bonds is 9. The van der Waals surface area contributed by atoms with Crippen LogP contribution in [-0.2, 0) is 6.54 Å². The van der Waals surface area contributed by atoms with Gasteiger partial charge in [0.25, 0.3) is 5.91 Å². The second-order valence-electron chi connectivity index (χ2n) is 9.17. The summed E-state index contributed by atoms with van der Waals surface area (Å²) >= 11 is 0. The minimum atomic E-state index is -0.0981. The van der Waals surface area contributed by atoms with E-state index in [2.05, 4.69) is 41.4 Å². The molecule has 0 bridgehead atoms. The first-order chi connectivity index (χ1) is 19.2. The van der Waals surface area contributed by atoms with Crippen molar-refractivity contribution in [2.45, 2.75) is 108 Å². The highest BCUT2D eigenvalue weighted by atomic mass is 16.3. The zero-order valence-corrected chi connectivity index (χ0v) is 27.3. The van der Waals surface area contributed by atoms with Crippen molar-refractivity contribution in [2.75, 3.05) is 18.9 Å². The van der Waals surface area contributed by atoms with E-state index in [0.29, 0.717) is 17.5 Å². The number of amides is 1. The number of nitrogens with zero attached hydrogens (tertiary/aromatic N) is 1. The summed E-state index contributed by atoms with van der Waals surface area (Å²) in [6, 6.07) is 7.52. The molecule has 1 aromatic carbocycles. The average molecular weight is 558 g/mol. The van der Waals surface area contributed by atoms with Crippen molar-refractivity contribution in [3.63, 3.8) is 0 Å². The molecule has 1 aliphatic rings. The van der Waals surface area contributed by atoms with Crippen molar-refractivity contribution in [1.82, 2.24) is 15.6 Å². The Balaban J connectivity index is 0. The first-order valence-electron chi connectivity index (χ1n) is 15.0. The van der Waals surface area contributed by atoms with Crippen LogP contribution in [0.2, 0.25) is 0 Å². The highest BCUT2D eigenvalue weighted by molar-refractivity contribution is 6.00. The van der Waals surface area contributed by atoms with Gasteiger partial charge in [0.15, 0.2) is 0 Å². The predicted octanol–water partition coefficient (Wildman–Crippen LogP) is 7.74. The summed E-state index contributed by atoms with van der Waals surface area (Å²) in [5.74, 6) is -0.0160. The zero-order valence-electron chi connectivity index (χ0n) is 27.3. The van der Waals surface area contributed by atoms with Crippen molar-refractivity contribution >= 4 is 17.4 Å². The van der Waals surface area contributed by atoms with Gasteiger partial charge >= 0.3 is 0 Å². The lowest BCUT2D eigenvalue weighted by molar-refractivity contribution is 0.0963. The Morgan fingerprint density at radius 3 is 2.15 bits per heavy atom. The minimum absolute atomic E-state index is 0.0788. The summed E-state index contributed by atoms with van der Waals surface area (Å²) in [5, 5.41) is 18.8. The topological polar surface area (TPSA) is 112 Å². The van der Waals surface area contributed by atoms with Crippen molar-refractivity contribution in [2.24, 2.45) is 11.1 Å². The summed E-state index contributed by atoms with van der Waals surface area (Å²) in [5.41, 5.74) is 11.3. The van der Waals surface area contributed by atoms with E-state index in [4.69, 9.17) is 10.8 Å². The number of carbonyl (C=O) groups excluding carboxylic acids is 1. The molecule has 3 rings (SSSR count). The van der Waals surface area contributed by atoms with Gasteiger partial charge in [-0.3, -0.25) is 15.1 Å². The Morgan fingerprint density at radius 2 is 1.73 bits per heavy atom. The number of benzene rings is 1. The third-order valence-electron chi connectivity index (χ3n) is 6.69. The van der Waals surface area contributed by atoms with E-state index in [1.807, 2.05) is 79.7 Å². The van der Waals surface area contributed by atoms with Gasteiger partial charge < -0.3 is 21.5 Å². The highest BCUT2D eigenvalue weighted by Gasteiger charge is 2.34. The fourth-order valence-electron chi connectivity index (χ4n) is 4.16. The van der Waals surface area contributed by atoms with E-state index in [-0.39, 0.29) is 17.8 Å². The van der Waals surface area contributed by atoms with Crippen molar-refractivity contribution < 1.29 is 9.90 Å². The van der Waals surface area contributed by atoms with Crippen LogP contribution >= 0.6 is 0 Å². The van der Waals surface area contributed by atoms with Gasteiger partial charge in [-0.1, -0.05) is 73.6 Å². The Morgan fingerprint density at radius 1 is 1.12 bits per heavy atom. The molecule has 2 aromatic rings. The van der Waals surface area contributed by atoms with Crippen molar-refractivity contribution in [3.05, 3.63) is 65.0 Å². The van der Waals surface area contributed by atoms with Gasteiger partial charge in [0.05, 0.1) is 17.4 Å². The third kappa shape index (κ3) is 12.5. The van der Waals surface area contributed by atoms with E-state index >= 15 is 0 Å². The number of aromatic nitrogens is 1. The normalized spacial score (nSPS) is 13.0. The minimum Gasteiger partial charge on any atom is -0.508 e. The number of pyridine rings is 1. The molecule has 1 amide bonds. The van der Waals surface area contributed by atoms with Crippen LogP contribution in [0.15, 0.2) is 37.0 Å². The molecule has 1 atom stereocenters. The molecule has 1 heterocycles. The zero-order chi connectivity index (χ0) is 31.3. The average Bonchev–Trinajstić information content (AvgIpc) is 2.97. The van der Waals surface area contributed by atoms with Crippen LogP contribution in [0.4, 0.5) is 5.69 Å². The third-order valence-corrected chi connectivity index (χ3v) is 6.69. The fraction of sp³-hybridized carbons (Fsp3) is 0.576. The number of aliphatic hydroxyl groups is 1. The van der Waals surface area contributed by atoms with Gasteiger partial charge in [0.1, 0.15) is 5.76 Å². The van der Waals surface area contributed by atoms with E-state index in [0.717, 1.165) is 34.6 Å². The van der Waals surface area contributed by atoms with E-state index < -0.39 is 0 Å². The molecule has 0 spiro atoms. The van der Waals surface area contributed by atoms with Gasteiger partial charge in [0.2, 0.25) is 0 Å². The highest BCUT2D eigenvalue weighted by Crippen LogP contribution is 2.43. The predicted molar refractivity (Wildman–Crippen MR) is 175 cm³/mol. The number of carbonyl (C=O) groups is 1. The van der Waals surface area contributed by atoms with Crippen LogP contribution in [-0.4, -0.2) is 35.8 Å². The SMILES string of the molecule is C=C(O)c1cc(C)cnc1C.CC.CC.CC.CCC1(CNC(C)Nc2c(CN)cccc2C(=O)NC)CCC1. The molecule has 228 valence electrons. The van der Waals surface area contributed by atoms with E-state index in [1.165, 1.54) is 25.7 Å². The lowest BCUT2D eigenvalue weighted by atomic mass is 9.67. The van der Waals surface area contributed by atoms with E-state index in [9.17, 15) is 4.79 Å². The molecule has 6 N–H and O–H groups in total. The Labute approximate surface area is 245 Å². The number of aryl methyl sites for hydroxylation is 2. The number of nitrogens with one attached hydrogen (secondary N) is 3. The summed E-state index contributed by atoms with van der Waals surface area (Å²) in [7, 11) is 1.64. The van der Waals surface area contributed by atoms with Crippen LogP contribution in [0, 0.1) is 19.3 Å². The van der Waals surface area contributed by atoms with Crippen LogP contribution in [0.25, 0.3) is 5.76 Å². The summed E-state index contributed by atoms with van der Waals surface area (Å²) in [6.45, 7) is 25.0. The Hall–Kier alpha value is -2.90. The quantitative estimate of drug-likeness (QED) is 0.159. The standard InChI is InChI=1S/C18H30N4O.C9H11NO.3C2H6/c1-4-18(9-6-10-18)12-21-13(2)22-16-14(11-19)7-5-8-15(16)17(23)20-3;1-6-4-9(8(3)11)7(2)10-5-6;3*1-2/h5,7-8,13,21-22H,4,6,9-12,19H2,1-3H3,(H,20,23);4-5,11H,3H2,1-2H3;3*1-2H3. The molecule has 1 unspecified atom stereocenters. The Kier molecular flexibility index (Phi) is 21.5. The van der Waals surface area contributed by atoms with Crippen LogP contribution in [0.3, 0.4) is 0 Å². The molecular weight excluding hydrogens is 498 g/mol. The maximum Gasteiger partial charge on any atom is 0.253 e. The summed E-state index contributed by atoms with van der Waals surface area (Å²) < 4.78 is 0. The van der Waals surface area contributed by atoms with Crippen LogP contribution in [0.5, 0.6) is 0 Å². The molecule has 1 saturated carbocycles. The van der Waals surface area contributed by atoms with Crippen LogP contribution in [0.1, 0.15) is 114 Å². The van der Waals surface area contributed by atoms with Gasteiger partial charge in [-0.15, -0.1) is 0 Å².